The molecule has 4 nitrogen and oxygen atoms in total. The minimum Gasteiger partial charge on any atom is -0.378 e. The van der Waals surface area contributed by atoms with Crippen LogP contribution in [0.5, 0.6) is 0 Å². The Hall–Kier alpha value is -1.91. The molecule has 3 aromatic rings. The first-order valence-electron chi connectivity index (χ1n) is 6.46. The fraction of sp³-hybridized carbons (Fsp3) is 0.133. The summed E-state index contributed by atoms with van der Waals surface area (Å²) in [5, 5.41) is 4.44. The molecular formula is C15H13Cl2N3O. The minimum atomic E-state index is -0.209. The van der Waals surface area contributed by atoms with Crippen LogP contribution in [0.2, 0.25) is 10.0 Å². The Kier molecular flexibility index (Phi) is 3.66. The van der Waals surface area contributed by atoms with E-state index in [0.29, 0.717) is 10.0 Å². The van der Waals surface area contributed by atoms with Crippen molar-refractivity contribution in [2.24, 2.45) is 0 Å². The van der Waals surface area contributed by atoms with Crippen LogP contribution < -0.4 is 11.0 Å². The van der Waals surface area contributed by atoms with Crippen molar-refractivity contribution in [1.29, 1.82) is 0 Å². The SMILES string of the molecule is CC(Nc1ccc2[nH]c(=O)[nH]c2c1)c1ccc(Cl)c(Cl)c1. The third-order valence-corrected chi connectivity index (χ3v) is 4.08. The fourth-order valence-electron chi connectivity index (χ4n) is 2.24. The highest BCUT2D eigenvalue weighted by molar-refractivity contribution is 6.42. The Balaban J connectivity index is 1.86. The number of rotatable bonds is 3. The van der Waals surface area contributed by atoms with Gasteiger partial charge in [0, 0.05) is 11.7 Å². The van der Waals surface area contributed by atoms with Crippen molar-refractivity contribution in [2.45, 2.75) is 13.0 Å². The number of nitrogens with one attached hydrogen (secondary N) is 3. The molecule has 6 heteroatoms. The lowest BCUT2D eigenvalue weighted by molar-refractivity contribution is 0.885. The summed E-state index contributed by atoms with van der Waals surface area (Å²) >= 11 is 12.0. The number of aromatic nitrogens is 2. The lowest BCUT2D eigenvalue weighted by Crippen LogP contribution is -2.06. The van der Waals surface area contributed by atoms with Gasteiger partial charge in [0.25, 0.3) is 0 Å². The Morgan fingerprint density at radius 3 is 2.52 bits per heavy atom. The largest absolute Gasteiger partial charge is 0.378 e. The molecular weight excluding hydrogens is 309 g/mol. The highest BCUT2D eigenvalue weighted by Crippen LogP contribution is 2.27. The van der Waals surface area contributed by atoms with Crippen LogP contribution >= 0.6 is 23.2 Å². The number of H-pyrrole nitrogens is 2. The number of fused-ring (bicyclic) bond motifs is 1. The van der Waals surface area contributed by atoms with Gasteiger partial charge >= 0.3 is 5.69 Å². The Morgan fingerprint density at radius 2 is 1.76 bits per heavy atom. The molecule has 0 aliphatic rings. The van der Waals surface area contributed by atoms with Crippen LogP contribution in [0.3, 0.4) is 0 Å². The summed E-state index contributed by atoms with van der Waals surface area (Å²) in [5.41, 5.74) is 3.29. The Labute approximate surface area is 131 Å². The van der Waals surface area contributed by atoms with Crippen molar-refractivity contribution in [3.05, 3.63) is 62.5 Å². The molecule has 1 unspecified atom stereocenters. The molecule has 108 valence electrons. The number of halogens is 2. The standard InChI is InChI=1S/C15H13Cl2N3O/c1-8(9-2-4-11(16)12(17)6-9)18-10-3-5-13-14(7-10)20-15(21)19-13/h2-8,18H,1H3,(H2,19,20,21). The monoisotopic (exact) mass is 321 g/mol. The molecule has 0 fully saturated rings. The van der Waals surface area contributed by atoms with Gasteiger partial charge in [-0.3, -0.25) is 0 Å². The molecule has 0 saturated carbocycles. The summed E-state index contributed by atoms with van der Waals surface area (Å²) in [6.45, 7) is 2.03. The van der Waals surface area contributed by atoms with Crippen molar-refractivity contribution in [1.82, 2.24) is 9.97 Å². The first kappa shape index (κ1) is 14.0. The molecule has 21 heavy (non-hydrogen) atoms. The van der Waals surface area contributed by atoms with Crippen molar-refractivity contribution in [2.75, 3.05) is 5.32 Å². The van der Waals surface area contributed by atoms with Gasteiger partial charge in [0.15, 0.2) is 0 Å². The van der Waals surface area contributed by atoms with Crippen LogP contribution in [0.1, 0.15) is 18.5 Å². The average Bonchev–Trinajstić information content (AvgIpc) is 2.81. The van der Waals surface area contributed by atoms with Gasteiger partial charge in [0.2, 0.25) is 0 Å². The molecule has 3 rings (SSSR count). The van der Waals surface area contributed by atoms with Gasteiger partial charge in [0.1, 0.15) is 0 Å². The van der Waals surface area contributed by atoms with E-state index in [0.717, 1.165) is 22.3 Å². The predicted octanol–water partition coefficient (Wildman–Crippen LogP) is 4.34. The van der Waals surface area contributed by atoms with Gasteiger partial charge in [-0.05, 0) is 42.8 Å². The Bertz CT molecular complexity index is 853. The summed E-state index contributed by atoms with van der Waals surface area (Å²) in [6.07, 6.45) is 0. The summed E-state index contributed by atoms with van der Waals surface area (Å²) in [4.78, 5) is 16.7. The molecule has 0 aliphatic carbocycles. The maximum atomic E-state index is 11.3. The molecule has 3 N–H and O–H groups in total. The minimum absolute atomic E-state index is 0.0582. The lowest BCUT2D eigenvalue weighted by Gasteiger charge is -2.16. The quantitative estimate of drug-likeness (QED) is 0.672. The fourth-order valence-corrected chi connectivity index (χ4v) is 2.54. The highest BCUT2D eigenvalue weighted by Gasteiger charge is 2.08. The zero-order valence-electron chi connectivity index (χ0n) is 11.2. The first-order chi connectivity index (χ1) is 10.0. The third-order valence-electron chi connectivity index (χ3n) is 3.34. The summed E-state index contributed by atoms with van der Waals surface area (Å²) in [5.74, 6) is 0. The molecule has 2 aromatic carbocycles. The van der Waals surface area contributed by atoms with E-state index in [1.54, 1.807) is 6.07 Å². The van der Waals surface area contributed by atoms with Crippen molar-refractivity contribution >= 4 is 39.9 Å². The van der Waals surface area contributed by atoms with Crippen LogP contribution in [0.4, 0.5) is 5.69 Å². The number of benzene rings is 2. The first-order valence-corrected chi connectivity index (χ1v) is 7.22. The maximum Gasteiger partial charge on any atom is 0.323 e. The molecule has 1 aromatic heterocycles. The number of anilines is 1. The molecule has 0 spiro atoms. The van der Waals surface area contributed by atoms with Crippen LogP contribution in [-0.2, 0) is 0 Å². The van der Waals surface area contributed by atoms with E-state index in [2.05, 4.69) is 15.3 Å². The summed E-state index contributed by atoms with van der Waals surface area (Å²) in [6, 6.07) is 11.3. The van der Waals surface area contributed by atoms with E-state index in [-0.39, 0.29) is 11.7 Å². The highest BCUT2D eigenvalue weighted by atomic mass is 35.5. The van der Waals surface area contributed by atoms with E-state index >= 15 is 0 Å². The number of aromatic amines is 2. The van der Waals surface area contributed by atoms with Gasteiger partial charge in [-0.15, -0.1) is 0 Å². The molecule has 1 heterocycles. The van der Waals surface area contributed by atoms with Gasteiger partial charge in [-0.1, -0.05) is 29.3 Å². The molecule has 0 aliphatic heterocycles. The van der Waals surface area contributed by atoms with Gasteiger partial charge in [-0.2, -0.15) is 0 Å². The molecule has 0 radical (unpaired) electrons. The zero-order chi connectivity index (χ0) is 15.0. The van der Waals surface area contributed by atoms with E-state index in [1.165, 1.54) is 0 Å². The second-order valence-electron chi connectivity index (χ2n) is 4.88. The van der Waals surface area contributed by atoms with Gasteiger partial charge < -0.3 is 15.3 Å². The second-order valence-corrected chi connectivity index (χ2v) is 5.69. The van der Waals surface area contributed by atoms with Gasteiger partial charge in [-0.25, -0.2) is 4.79 Å². The van der Waals surface area contributed by atoms with Gasteiger partial charge in [0.05, 0.1) is 21.1 Å². The number of hydrogen-bond donors (Lipinski definition) is 3. The smallest absolute Gasteiger partial charge is 0.323 e. The predicted molar refractivity (Wildman–Crippen MR) is 87.4 cm³/mol. The number of imidazole rings is 1. The van der Waals surface area contributed by atoms with E-state index < -0.39 is 0 Å². The van der Waals surface area contributed by atoms with Crippen LogP contribution in [0.25, 0.3) is 11.0 Å². The van der Waals surface area contributed by atoms with Crippen molar-refractivity contribution < 1.29 is 0 Å². The Morgan fingerprint density at radius 1 is 1.00 bits per heavy atom. The zero-order valence-corrected chi connectivity index (χ0v) is 12.7. The van der Waals surface area contributed by atoms with Crippen LogP contribution in [0.15, 0.2) is 41.2 Å². The lowest BCUT2D eigenvalue weighted by atomic mass is 10.1. The maximum absolute atomic E-state index is 11.3. The second kappa shape index (κ2) is 5.47. The number of hydrogen-bond acceptors (Lipinski definition) is 2. The molecule has 0 saturated heterocycles. The van der Waals surface area contributed by atoms with Crippen molar-refractivity contribution in [3.8, 4) is 0 Å². The average molecular weight is 322 g/mol. The van der Waals surface area contributed by atoms with Crippen LogP contribution in [-0.4, -0.2) is 9.97 Å². The van der Waals surface area contributed by atoms with Crippen molar-refractivity contribution in [3.63, 3.8) is 0 Å². The van der Waals surface area contributed by atoms with Crippen LogP contribution in [0, 0.1) is 0 Å². The third kappa shape index (κ3) is 2.91. The van der Waals surface area contributed by atoms with E-state index in [9.17, 15) is 4.79 Å². The topological polar surface area (TPSA) is 60.7 Å². The normalized spacial score (nSPS) is 12.5. The molecule has 0 amide bonds. The summed E-state index contributed by atoms with van der Waals surface area (Å²) < 4.78 is 0. The van der Waals surface area contributed by atoms with E-state index in [4.69, 9.17) is 23.2 Å². The molecule has 1 atom stereocenters. The van der Waals surface area contributed by atoms with E-state index in [1.807, 2.05) is 37.3 Å². The summed E-state index contributed by atoms with van der Waals surface area (Å²) in [7, 11) is 0. The molecule has 0 bridgehead atoms.